The van der Waals surface area contributed by atoms with Gasteiger partial charge in [0.2, 0.25) is 5.91 Å². The zero-order valence-electron chi connectivity index (χ0n) is 12.0. The molecule has 2 rings (SSSR count). The van der Waals surface area contributed by atoms with Gasteiger partial charge in [-0.1, -0.05) is 46.3 Å². The predicted molar refractivity (Wildman–Crippen MR) is 90.2 cm³/mol. The summed E-state index contributed by atoms with van der Waals surface area (Å²) in [6.07, 6.45) is 0.452. The van der Waals surface area contributed by atoms with Gasteiger partial charge in [0.05, 0.1) is 0 Å². The summed E-state index contributed by atoms with van der Waals surface area (Å²) in [6.45, 7) is 2.75. The van der Waals surface area contributed by atoms with Gasteiger partial charge in [-0.25, -0.2) is 0 Å². The van der Waals surface area contributed by atoms with E-state index in [9.17, 15) is 4.79 Å². The molecular formula is C17H19BrN2O. The quantitative estimate of drug-likeness (QED) is 0.825. The highest BCUT2D eigenvalue weighted by molar-refractivity contribution is 9.10. The van der Waals surface area contributed by atoms with Crippen LogP contribution < -0.4 is 10.6 Å². The molecule has 110 valence electrons. The van der Waals surface area contributed by atoms with Gasteiger partial charge < -0.3 is 10.6 Å². The van der Waals surface area contributed by atoms with Crippen LogP contribution >= 0.6 is 15.9 Å². The van der Waals surface area contributed by atoms with E-state index in [0.29, 0.717) is 13.0 Å². The normalized spacial score (nSPS) is 11.9. The van der Waals surface area contributed by atoms with Crippen molar-refractivity contribution in [3.8, 4) is 0 Å². The summed E-state index contributed by atoms with van der Waals surface area (Å²) in [5, 5.41) is 6.24. The molecule has 2 N–H and O–H groups in total. The van der Waals surface area contributed by atoms with Gasteiger partial charge >= 0.3 is 0 Å². The molecule has 2 aromatic carbocycles. The summed E-state index contributed by atoms with van der Waals surface area (Å²) in [4.78, 5) is 11.9. The number of benzene rings is 2. The molecule has 0 saturated carbocycles. The number of anilines is 1. The van der Waals surface area contributed by atoms with Crippen molar-refractivity contribution in [3.63, 3.8) is 0 Å². The molecule has 4 heteroatoms. The maximum atomic E-state index is 11.9. The second-order valence-electron chi connectivity index (χ2n) is 4.89. The number of carbonyl (C=O) groups excluding carboxylic acids is 1. The van der Waals surface area contributed by atoms with Crippen LogP contribution in [0.1, 0.15) is 24.9 Å². The summed E-state index contributed by atoms with van der Waals surface area (Å²) in [5.41, 5.74) is 2.05. The van der Waals surface area contributed by atoms with E-state index in [1.54, 1.807) is 0 Å². The Morgan fingerprint density at radius 3 is 2.43 bits per heavy atom. The van der Waals surface area contributed by atoms with Gasteiger partial charge in [0.25, 0.3) is 0 Å². The number of amides is 1. The lowest BCUT2D eigenvalue weighted by molar-refractivity contribution is -0.116. The zero-order chi connectivity index (χ0) is 15.1. The molecule has 1 atom stereocenters. The van der Waals surface area contributed by atoms with Crippen LogP contribution in [-0.2, 0) is 4.79 Å². The first kappa shape index (κ1) is 15.7. The van der Waals surface area contributed by atoms with Gasteiger partial charge in [0.15, 0.2) is 0 Å². The van der Waals surface area contributed by atoms with Crippen molar-refractivity contribution in [3.05, 3.63) is 64.6 Å². The third-order valence-corrected chi connectivity index (χ3v) is 3.76. The van der Waals surface area contributed by atoms with Crippen molar-refractivity contribution in [2.45, 2.75) is 19.4 Å². The monoisotopic (exact) mass is 346 g/mol. The molecule has 0 aliphatic carbocycles. The lowest BCUT2D eigenvalue weighted by atomic mass is 10.1. The van der Waals surface area contributed by atoms with Crippen LogP contribution in [0.5, 0.6) is 0 Å². The Bertz CT molecular complexity index is 569. The van der Waals surface area contributed by atoms with E-state index in [1.807, 2.05) is 42.5 Å². The fraction of sp³-hybridized carbons (Fsp3) is 0.235. The van der Waals surface area contributed by atoms with Crippen LogP contribution in [-0.4, -0.2) is 12.5 Å². The second-order valence-corrected chi connectivity index (χ2v) is 5.81. The highest BCUT2D eigenvalue weighted by Gasteiger charge is 2.06. The van der Waals surface area contributed by atoms with E-state index >= 15 is 0 Å². The van der Waals surface area contributed by atoms with Gasteiger partial charge in [0, 0.05) is 29.2 Å². The molecule has 0 heterocycles. The molecule has 0 spiro atoms. The Labute approximate surface area is 133 Å². The molecule has 21 heavy (non-hydrogen) atoms. The van der Waals surface area contributed by atoms with Crippen LogP contribution in [0.2, 0.25) is 0 Å². The Morgan fingerprint density at radius 1 is 1.10 bits per heavy atom. The summed E-state index contributed by atoms with van der Waals surface area (Å²) in [6, 6.07) is 18.0. The van der Waals surface area contributed by atoms with Crippen LogP contribution in [0.15, 0.2) is 59.1 Å². The lowest BCUT2D eigenvalue weighted by Gasteiger charge is -2.14. The Balaban J connectivity index is 1.73. The number of carbonyl (C=O) groups is 1. The molecule has 3 nitrogen and oxygen atoms in total. The van der Waals surface area contributed by atoms with Crippen LogP contribution in [0.4, 0.5) is 5.69 Å². The van der Waals surface area contributed by atoms with Crippen molar-refractivity contribution < 1.29 is 4.79 Å². The van der Waals surface area contributed by atoms with Gasteiger partial charge in [0.1, 0.15) is 0 Å². The van der Waals surface area contributed by atoms with Crippen molar-refractivity contribution >= 4 is 27.5 Å². The van der Waals surface area contributed by atoms with Gasteiger partial charge in [-0.05, 0) is 36.8 Å². The molecule has 1 amide bonds. The average Bonchev–Trinajstić information content (AvgIpc) is 2.50. The third kappa shape index (κ3) is 5.33. The van der Waals surface area contributed by atoms with E-state index in [4.69, 9.17) is 0 Å². The lowest BCUT2D eigenvalue weighted by Crippen LogP contribution is -2.24. The Morgan fingerprint density at radius 2 is 1.76 bits per heavy atom. The van der Waals surface area contributed by atoms with Crippen LogP contribution in [0.3, 0.4) is 0 Å². The van der Waals surface area contributed by atoms with E-state index in [-0.39, 0.29) is 11.9 Å². The minimum atomic E-state index is 0.0186. The largest absolute Gasteiger partial charge is 0.326 e. The standard InChI is InChI=1S/C17H19BrN2O/c1-13(14-5-3-2-4-6-14)19-12-11-17(21)20-16-9-7-15(18)8-10-16/h2-10,13,19H,11-12H2,1H3,(H,20,21). The maximum Gasteiger partial charge on any atom is 0.225 e. The molecule has 0 aliphatic rings. The third-order valence-electron chi connectivity index (χ3n) is 3.23. The number of rotatable bonds is 6. The Kier molecular flexibility index (Phi) is 5.96. The van der Waals surface area contributed by atoms with E-state index in [0.717, 1.165) is 10.2 Å². The minimum absolute atomic E-state index is 0.0186. The van der Waals surface area contributed by atoms with Gasteiger partial charge in [-0.15, -0.1) is 0 Å². The second kappa shape index (κ2) is 7.96. The van der Waals surface area contributed by atoms with Crippen LogP contribution in [0, 0.1) is 0 Å². The van der Waals surface area contributed by atoms with Crippen molar-refractivity contribution in [1.82, 2.24) is 5.32 Å². The van der Waals surface area contributed by atoms with Gasteiger partial charge in [-0.3, -0.25) is 4.79 Å². The molecule has 0 fully saturated rings. The summed E-state index contributed by atoms with van der Waals surface area (Å²) in [7, 11) is 0. The fourth-order valence-corrected chi connectivity index (χ4v) is 2.28. The highest BCUT2D eigenvalue weighted by atomic mass is 79.9. The molecule has 0 aliphatic heterocycles. The molecular weight excluding hydrogens is 328 g/mol. The number of nitrogens with one attached hydrogen (secondary N) is 2. The van der Waals surface area contributed by atoms with E-state index in [2.05, 4.69) is 45.6 Å². The zero-order valence-corrected chi connectivity index (χ0v) is 13.6. The van der Waals surface area contributed by atoms with Gasteiger partial charge in [-0.2, -0.15) is 0 Å². The first-order chi connectivity index (χ1) is 10.1. The first-order valence-electron chi connectivity index (χ1n) is 6.99. The molecule has 0 radical (unpaired) electrons. The SMILES string of the molecule is CC(NCCC(=O)Nc1ccc(Br)cc1)c1ccccc1. The van der Waals surface area contributed by atoms with Crippen molar-refractivity contribution in [2.24, 2.45) is 0 Å². The predicted octanol–water partition coefficient (Wildman–Crippen LogP) is 4.13. The summed E-state index contributed by atoms with van der Waals surface area (Å²) >= 11 is 3.37. The molecule has 0 aromatic heterocycles. The smallest absolute Gasteiger partial charge is 0.225 e. The van der Waals surface area contributed by atoms with E-state index in [1.165, 1.54) is 5.56 Å². The molecule has 0 bridgehead atoms. The summed E-state index contributed by atoms with van der Waals surface area (Å²) in [5.74, 6) is 0.0186. The Hall–Kier alpha value is -1.65. The topological polar surface area (TPSA) is 41.1 Å². The van der Waals surface area contributed by atoms with Crippen LogP contribution in [0.25, 0.3) is 0 Å². The summed E-state index contributed by atoms with van der Waals surface area (Å²) < 4.78 is 0.999. The molecule has 0 saturated heterocycles. The molecule has 1 unspecified atom stereocenters. The average molecular weight is 347 g/mol. The van der Waals surface area contributed by atoms with Crippen molar-refractivity contribution in [2.75, 3.05) is 11.9 Å². The number of hydrogen-bond acceptors (Lipinski definition) is 2. The van der Waals surface area contributed by atoms with Crippen molar-refractivity contribution in [1.29, 1.82) is 0 Å². The molecule has 2 aromatic rings. The highest BCUT2D eigenvalue weighted by Crippen LogP contribution is 2.14. The first-order valence-corrected chi connectivity index (χ1v) is 7.78. The fourth-order valence-electron chi connectivity index (χ4n) is 2.02. The minimum Gasteiger partial charge on any atom is -0.326 e. The number of halogens is 1. The number of hydrogen-bond donors (Lipinski definition) is 2. The maximum absolute atomic E-state index is 11.9. The van der Waals surface area contributed by atoms with E-state index < -0.39 is 0 Å².